The first-order valence-corrected chi connectivity index (χ1v) is 3.33. The van der Waals surface area contributed by atoms with Gasteiger partial charge >= 0.3 is 0 Å². The van der Waals surface area contributed by atoms with Crippen molar-refractivity contribution in [1.82, 2.24) is 9.78 Å². The highest BCUT2D eigenvalue weighted by Gasteiger charge is 2.01. The van der Waals surface area contributed by atoms with Crippen molar-refractivity contribution in [3.63, 3.8) is 0 Å². The number of carbonyl (C=O) groups is 1. The molecule has 0 aromatic carbocycles. The monoisotopic (exact) mass is 204 g/mol. The Labute approximate surface area is 65.9 Å². The minimum Gasteiger partial charge on any atom is -0.410 e. The van der Waals surface area contributed by atoms with Crippen LogP contribution in [0.2, 0.25) is 0 Å². The Morgan fingerprint density at radius 2 is 2.60 bits per heavy atom. The summed E-state index contributed by atoms with van der Waals surface area (Å²) in [6, 6.07) is 1.61. The second-order valence-corrected chi connectivity index (χ2v) is 2.46. The molecule has 10 heavy (non-hydrogen) atoms. The fraction of sp³-hybridized carbons (Fsp3) is 0.200. The molecule has 4 nitrogen and oxygen atoms in total. The molecule has 0 fully saturated rings. The molecule has 0 radical (unpaired) electrons. The van der Waals surface area contributed by atoms with Crippen LogP contribution in [0.25, 0.3) is 0 Å². The average molecular weight is 205 g/mol. The van der Waals surface area contributed by atoms with Crippen molar-refractivity contribution >= 4 is 22.4 Å². The second kappa shape index (κ2) is 2.83. The third kappa shape index (κ3) is 1.36. The lowest BCUT2D eigenvalue weighted by Crippen LogP contribution is -1.97. The van der Waals surface area contributed by atoms with Crippen molar-refractivity contribution in [2.45, 2.75) is 0 Å². The molecule has 0 saturated carbocycles. The Morgan fingerprint density at radius 3 is 3.00 bits per heavy atom. The molecule has 0 aliphatic rings. The summed E-state index contributed by atoms with van der Waals surface area (Å²) in [5.74, 6) is 0.418. The number of aromatic nitrogens is 2. The minimum absolute atomic E-state index is 0.365. The highest BCUT2D eigenvalue weighted by atomic mass is 79.9. The quantitative estimate of drug-likeness (QED) is 0.668. The highest BCUT2D eigenvalue weighted by molar-refractivity contribution is 9.10. The summed E-state index contributed by atoms with van der Waals surface area (Å²) in [5.41, 5.74) is 0. The van der Waals surface area contributed by atoms with Crippen LogP contribution in [0, 0.1) is 0 Å². The first-order valence-electron chi connectivity index (χ1n) is 2.54. The van der Waals surface area contributed by atoms with Gasteiger partial charge in [0.2, 0.25) is 5.88 Å². The summed E-state index contributed by atoms with van der Waals surface area (Å²) < 4.78 is 6.65. The lowest BCUT2D eigenvalue weighted by Gasteiger charge is -1.93. The summed E-state index contributed by atoms with van der Waals surface area (Å²) in [5, 5.41) is 3.88. The second-order valence-electron chi connectivity index (χ2n) is 1.64. The molecule has 1 aromatic rings. The first-order chi connectivity index (χ1) is 4.74. The summed E-state index contributed by atoms with van der Waals surface area (Å²) in [6.45, 7) is 0.365. The van der Waals surface area contributed by atoms with E-state index < -0.39 is 0 Å². The molecule has 1 heterocycles. The van der Waals surface area contributed by atoms with Gasteiger partial charge in [0.05, 0.1) is 0 Å². The van der Waals surface area contributed by atoms with Gasteiger partial charge in [-0.1, -0.05) is 0 Å². The Kier molecular flexibility index (Phi) is 2.06. The number of carbonyl (C=O) groups excluding carboxylic acids is 1. The molecule has 5 heteroatoms. The van der Waals surface area contributed by atoms with E-state index in [2.05, 4.69) is 25.8 Å². The van der Waals surface area contributed by atoms with E-state index in [9.17, 15) is 4.79 Å². The van der Waals surface area contributed by atoms with E-state index >= 15 is 0 Å². The predicted molar refractivity (Wildman–Crippen MR) is 37.6 cm³/mol. The maximum absolute atomic E-state index is 9.86. The van der Waals surface area contributed by atoms with Gasteiger partial charge in [-0.05, 0) is 15.9 Å². The van der Waals surface area contributed by atoms with E-state index in [-0.39, 0.29) is 0 Å². The molecule has 0 amide bonds. The van der Waals surface area contributed by atoms with Crippen LogP contribution in [-0.2, 0) is 11.8 Å². The van der Waals surface area contributed by atoms with Gasteiger partial charge in [0, 0.05) is 13.1 Å². The highest BCUT2D eigenvalue weighted by Crippen LogP contribution is 2.15. The largest absolute Gasteiger partial charge is 0.410 e. The fourth-order valence-electron chi connectivity index (χ4n) is 0.576. The number of ether oxygens (including phenoxy) is 1. The lowest BCUT2D eigenvalue weighted by atomic mass is 10.7. The number of hydrogen-bond acceptors (Lipinski definition) is 3. The molecule has 0 aliphatic heterocycles. The molecule has 54 valence electrons. The van der Waals surface area contributed by atoms with Crippen molar-refractivity contribution in [3.05, 3.63) is 10.7 Å². The molecule has 0 bridgehead atoms. The molecule has 1 rings (SSSR count). The number of nitrogens with zero attached hydrogens (tertiary/aromatic N) is 2. The smallest absolute Gasteiger partial charge is 0.299 e. The molecule has 0 spiro atoms. The van der Waals surface area contributed by atoms with Crippen molar-refractivity contribution in [1.29, 1.82) is 0 Å². The standard InChI is InChI=1S/C5H5BrN2O2/c1-8-5(10-3-9)2-4(6)7-8/h2-3H,1H3. The summed E-state index contributed by atoms with van der Waals surface area (Å²) in [7, 11) is 1.68. The van der Waals surface area contributed by atoms with Crippen LogP contribution >= 0.6 is 15.9 Å². The van der Waals surface area contributed by atoms with Gasteiger partial charge in [0.1, 0.15) is 4.60 Å². The molecule has 0 N–H and O–H groups in total. The third-order valence-corrected chi connectivity index (χ3v) is 1.36. The van der Waals surface area contributed by atoms with Crippen LogP contribution < -0.4 is 4.74 Å². The number of hydrogen-bond donors (Lipinski definition) is 0. The van der Waals surface area contributed by atoms with E-state index in [0.29, 0.717) is 17.0 Å². The van der Waals surface area contributed by atoms with Crippen LogP contribution in [0.3, 0.4) is 0 Å². The van der Waals surface area contributed by atoms with Crippen molar-refractivity contribution in [2.75, 3.05) is 0 Å². The van der Waals surface area contributed by atoms with Crippen LogP contribution in [0.4, 0.5) is 0 Å². The number of aryl methyl sites for hydroxylation is 1. The predicted octanol–water partition coefficient (Wildman–Crippen LogP) is 0.718. The minimum atomic E-state index is 0.365. The normalized spacial score (nSPS) is 9.40. The zero-order chi connectivity index (χ0) is 7.56. The molecular formula is C5H5BrN2O2. The number of halogens is 1. The zero-order valence-electron chi connectivity index (χ0n) is 5.24. The van der Waals surface area contributed by atoms with Crippen LogP contribution in [-0.4, -0.2) is 16.3 Å². The molecule has 0 aliphatic carbocycles. The molecule has 0 unspecified atom stereocenters. The van der Waals surface area contributed by atoms with Crippen LogP contribution in [0.15, 0.2) is 10.7 Å². The van der Waals surface area contributed by atoms with E-state index in [1.165, 1.54) is 4.68 Å². The molecular weight excluding hydrogens is 200 g/mol. The van der Waals surface area contributed by atoms with E-state index in [4.69, 9.17) is 0 Å². The molecule has 0 saturated heterocycles. The SMILES string of the molecule is Cn1nc(Br)cc1OC=O. The maximum Gasteiger partial charge on any atom is 0.299 e. The van der Waals surface area contributed by atoms with Crippen molar-refractivity contribution < 1.29 is 9.53 Å². The topological polar surface area (TPSA) is 44.1 Å². The third-order valence-electron chi connectivity index (χ3n) is 0.976. The Bertz CT molecular complexity index is 246. The summed E-state index contributed by atoms with van der Waals surface area (Å²) >= 11 is 3.13. The van der Waals surface area contributed by atoms with Gasteiger partial charge in [0.15, 0.2) is 0 Å². The average Bonchev–Trinajstić information content (AvgIpc) is 2.13. The number of rotatable bonds is 2. The maximum atomic E-state index is 9.86. The van der Waals surface area contributed by atoms with Crippen molar-refractivity contribution in [3.8, 4) is 5.88 Å². The zero-order valence-corrected chi connectivity index (χ0v) is 6.83. The van der Waals surface area contributed by atoms with Gasteiger partial charge in [0.25, 0.3) is 6.47 Å². The van der Waals surface area contributed by atoms with Gasteiger partial charge in [-0.2, -0.15) is 5.10 Å². The van der Waals surface area contributed by atoms with E-state index in [0.717, 1.165) is 0 Å². The fourth-order valence-corrected chi connectivity index (χ4v) is 1.01. The Morgan fingerprint density at radius 1 is 1.90 bits per heavy atom. The van der Waals surface area contributed by atoms with Gasteiger partial charge in [-0.25, -0.2) is 4.68 Å². The van der Waals surface area contributed by atoms with Gasteiger partial charge in [-0.3, -0.25) is 4.79 Å². The summed E-state index contributed by atoms with van der Waals surface area (Å²) in [4.78, 5) is 9.86. The van der Waals surface area contributed by atoms with Crippen LogP contribution in [0.1, 0.15) is 0 Å². The summed E-state index contributed by atoms with van der Waals surface area (Å²) in [6.07, 6.45) is 0. The van der Waals surface area contributed by atoms with E-state index in [1.54, 1.807) is 13.1 Å². The Hall–Kier alpha value is -0.840. The Balaban J connectivity index is 2.91. The van der Waals surface area contributed by atoms with Gasteiger partial charge in [-0.15, -0.1) is 0 Å². The lowest BCUT2D eigenvalue weighted by molar-refractivity contribution is -0.121. The first kappa shape index (κ1) is 7.27. The van der Waals surface area contributed by atoms with Gasteiger partial charge < -0.3 is 4.74 Å². The van der Waals surface area contributed by atoms with Crippen LogP contribution in [0.5, 0.6) is 5.88 Å². The van der Waals surface area contributed by atoms with E-state index in [1.807, 2.05) is 0 Å². The van der Waals surface area contributed by atoms with Crippen molar-refractivity contribution in [2.24, 2.45) is 7.05 Å². The molecule has 0 atom stereocenters. The molecule has 1 aromatic heterocycles.